The molecular weight excluding hydrogens is 481 g/mol. The Hall–Kier alpha value is -2.55. The number of nitrogens with one attached hydrogen (secondary N) is 1. The van der Waals surface area contributed by atoms with Gasteiger partial charge in [0.2, 0.25) is 5.91 Å². The second kappa shape index (κ2) is 10.2. The van der Waals surface area contributed by atoms with Crippen LogP contribution in [0.15, 0.2) is 47.6 Å². The largest absolute Gasteiger partial charge is 0.328 e. The standard InChI is InChI=1S/C23H23Cl2N5O2S/c1-14-9-10-15(12-18(14)25)26-20(31)13-33-23-28-27-21(29(23)2)19-8-5-11-30(19)22(32)16-6-3-4-7-17(16)24/h3-4,6-7,9-10,12,19H,5,8,11,13H2,1-2H3,(H,26,31). The summed E-state index contributed by atoms with van der Waals surface area (Å²) in [6.45, 7) is 2.54. The molecule has 0 aliphatic carbocycles. The number of halogens is 2. The van der Waals surface area contributed by atoms with Crippen molar-refractivity contribution in [1.82, 2.24) is 19.7 Å². The highest BCUT2D eigenvalue weighted by Crippen LogP contribution is 2.34. The number of hydrogen-bond donors (Lipinski definition) is 1. The number of carbonyl (C=O) groups is 2. The predicted molar refractivity (Wildman–Crippen MR) is 131 cm³/mol. The molecule has 1 N–H and O–H groups in total. The number of anilines is 1. The lowest BCUT2D eigenvalue weighted by Crippen LogP contribution is -2.32. The van der Waals surface area contributed by atoms with Crippen molar-refractivity contribution in [3.63, 3.8) is 0 Å². The molecule has 0 radical (unpaired) electrons. The zero-order chi connectivity index (χ0) is 23.5. The molecule has 0 spiro atoms. The first kappa shape index (κ1) is 23.6. The molecule has 1 unspecified atom stereocenters. The van der Waals surface area contributed by atoms with Gasteiger partial charge in [0, 0.05) is 24.3 Å². The molecule has 1 saturated heterocycles. The summed E-state index contributed by atoms with van der Waals surface area (Å²) < 4.78 is 1.85. The number of nitrogens with zero attached hydrogens (tertiary/aromatic N) is 4. The molecule has 33 heavy (non-hydrogen) atoms. The molecule has 2 heterocycles. The normalized spacial score (nSPS) is 15.6. The van der Waals surface area contributed by atoms with E-state index in [1.54, 1.807) is 35.2 Å². The molecular formula is C23H23Cl2N5O2S. The van der Waals surface area contributed by atoms with Crippen molar-refractivity contribution in [3.8, 4) is 0 Å². The van der Waals surface area contributed by atoms with Crippen LogP contribution < -0.4 is 5.32 Å². The van der Waals surface area contributed by atoms with Crippen LogP contribution in [0, 0.1) is 6.92 Å². The van der Waals surface area contributed by atoms with E-state index in [0.717, 1.165) is 18.4 Å². The molecule has 3 aromatic rings. The summed E-state index contributed by atoms with van der Waals surface area (Å²) in [4.78, 5) is 27.3. The van der Waals surface area contributed by atoms with E-state index in [2.05, 4.69) is 15.5 Å². The van der Waals surface area contributed by atoms with Gasteiger partial charge in [-0.05, 0) is 49.6 Å². The summed E-state index contributed by atoms with van der Waals surface area (Å²) in [5.74, 6) is 0.586. The van der Waals surface area contributed by atoms with E-state index in [1.807, 2.05) is 30.7 Å². The fourth-order valence-electron chi connectivity index (χ4n) is 3.81. The van der Waals surface area contributed by atoms with Gasteiger partial charge in [-0.2, -0.15) is 0 Å². The zero-order valence-corrected chi connectivity index (χ0v) is 20.5. The first-order valence-electron chi connectivity index (χ1n) is 10.5. The summed E-state index contributed by atoms with van der Waals surface area (Å²) >= 11 is 13.7. The molecule has 1 atom stereocenters. The van der Waals surface area contributed by atoms with Crippen molar-refractivity contribution >= 4 is 52.5 Å². The van der Waals surface area contributed by atoms with E-state index in [-0.39, 0.29) is 23.6 Å². The number of likely N-dealkylation sites (tertiary alicyclic amines) is 1. The summed E-state index contributed by atoms with van der Waals surface area (Å²) in [6, 6.07) is 12.3. The van der Waals surface area contributed by atoms with Crippen LogP contribution in [0.3, 0.4) is 0 Å². The van der Waals surface area contributed by atoms with Crippen LogP contribution in [0.2, 0.25) is 10.0 Å². The Morgan fingerprint density at radius 1 is 1.15 bits per heavy atom. The van der Waals surface area contributed by atoms with Gasteiger partial charge in [0.15, 0.2) is 11.0 Å². The summed E-state index contributed by atoms with van der Waals surface area (Å²) in [5, 5.41) is 13.1. The Bertz CT molecular complexity index is 1200. The molecule has 1 aliphatic heterocycles. The average molecular weight is 504 g/mol. The Balaban J connectivity index is 1.42. The number of thioether (sulfide) groups is 1. The quantitative estimate of drug-likeness (QED) is 0.471. The number of carbonyl (C=O) groups excluding carboxylic acids is 2. The van der Waals surface area contributed by atoms with E-state index >= 15 is 0 Å². The number of aromatic nitrogens is 3. The zero-order valence-electron chi connectivity index (χ0n) is 18.2. The van der Waals surface area contributed by atoms with Crippen molar-refractivity contribution in [2.24, 2.45) is 7.05 Å². The molecule has 7 nitrogen and oxygen atoms in total. The van der Waals surface area contributed by atoms with Crippen molar-refractivity contribution in [2.45, 2.75) is 31.0 Å². The Labute approximate surface area is 206 Å². The summed E-state index contributed by atoms with van der Waals surface area (Å²) in [6.07, 6.45) is 1.67. The highest BCUT2D eigenvalue weighted by Gasteiger charge is 2.34. The highest BCUT2D eigenvalue weighted by molar-refractivity contribution is 7.99. The summed E-state index contributed by atoms with van der Waals surface area (Å²) in [5.41, 5.74) is 2.08. The lowest BCUT2D eigenvalue weighted by molar-refractivity contribution is -0.113. The maximum atomic E-state index is 13.1. The first-order valence-corrected chi connectivity index (χ1v) is 12.2. The number of aryl methyl sites for hydroxylation is 1. The van der Waals surface area contributed by atoms with Gasteiger partial charge in [0.1, 0.15) is 0 Å². The smallest absolute Gasteiger partial charge is 0.255 e. The number of hydrogen-bond acceptors (Lipinski definition) is 5. The van der Waals surface area contributed by atoms with Crippen LogP contribution in [-0.4, -0.2) is 43.8 Å². The maximum absolute atomic E-state index is 13.1. The first-order chi connectivity index (χ1) is 15.8. The van der Waals surface area contributed by atoms with Gasteiger partial charge in [0.05, 0.1) is 22.4 Å². The molecule has 0 bridgehead atoms. The van der Waals surface area contributed by atoms with Gasteiger partial charge in [-0.1, -0.05) is 53.2 Å². The van der Waals surface area contributed by atoms with Crippen molar-refractivity contribution in [3.05, 3.63) is 69.5 Å². The Morgan fingerprint density at radius 2 is 1.94 bits per heavy atom. The second-order valence-electron chi connectivity index (χ2n) is 7.84. The van der Waals surface area contributed by atoms with Crippen molar-refractivity contribution in [2.75, 3.05) is 17.6 Å². The van der Waals surface area contributed by atoms with Gasteiger partial charge in [0.25, 0.3) is 5.91 Å². The van der Waals surface area contributed by atoms with Crippen LogP contribution in [0.4, 0.5) is 5.69 Å². The highest BCUT2D eigenvalue weighted by atomic mass is 35.5. The van der Waals surface area contributed by atoms with Crippen LogP contribution >= 0.6 is 35.0 Å². The number of benzene rings is 2. The molecule has 1 aromatic heterocycles. The third-order valence-electron chi connectivity index (χ3n) is 5.57. The minimum Gasteiger partial charge on any atom is -0.328 e. The fraction of sp³-hybridized carbons (Fsp3) is 0.304. The van der Waals surface area contributed by atoms with E-state index in [4.69, 9.17) is 23.2 Å². The van der Waals surface area contributed by atoms with Gasteiger partial charge in [-0.25, -0.2) is 0 Å². The van der Waals surface area contributed by atoms with Crippen LogP contribution in [0.5, 0.6) is 0 Å². The molecule has 2 aromatic carbocycles. The van der Waals surface area contributed by atoms with Crippen LogP contribution in [-0.2, 0) is 11.8 Å². The number of amides is 2. The van der Waals surface area contributed by atoms with Crippen LogP contribution in [0.1, 0.15) is 40.6 Å². The van der Waals surface area contributed by atoms with Crippen molar-refractivity contribution in [1.29, 1.82) is 0 Å². The fourth-order valence-corrected chi connectivity index (χ4v) is 4.92. The van der Waals surface area contributed by atoms with E-state index in [9.17, 15) is 9.59 Å². The Morgan fingerprint density at radius 3 is 2.70 bits per heavy atom. The minimum absolute atomic E-state index is 0.114. The van der Waals surface area contributed by atoms with Crippen molar-refractivity contribution < 1.29 is 9.59 Å². The van der Waals surface area contributed by atoms with Gasteiger partial charge >= 0.3 is 0 Å². The van der Waals surface area contributed by atoms with Crippen LogP contribution in [0.25, 0.3) is 0 Å². The van der Waals surface area contributed by atoms with Gasteiger partial charge in [-0.3, -0.25) is 9.59 Å². The third-order valence-corrected chi connectivity index (χ3v) is 7.33. The number of rotatable bonds is 6. The molecule has 10 heteroatoms. The molecule has 2 amide bonds. The SMILES string of the molecule is Cc1ccc(NC(=O)CSc2nnc(C3CCCN3C(=O)c3ccccc3Cl)n2C)cc1Cl. The van der Waals surface area contributed by atoms with E-state index in [0.29, 0.717) is 38.8 Å². The topological polar surface area (TPSA) is 80.1 Å². The van der Waals surface area contributed by atoms with E-state index in [1.165, 1.54) is 11.8 Å². The minimum atomic E-state index is -0.191. The van der Waals surface area contributed by atoms with E-state index < -0.39 is 0 Å². The predicted octanol–water partition coefficient (Wildman–Crippen LogP) is 5.14. The molecule has 1 aliphatic rings. The van der Waals surface area contributed by atoms with Gasteiger partial charge < -0.3 is 14.8 Å². The monoisotopic (exact) mass is 503 g/mol. The third kappa shape index (κ3) is 5.18. The second-order valence-corrected chi connectivity index (χ2v) is 9.59. The molecule has 1 fully saturated rings. The average Bonchev–Trinajstić information content (AvgIpc) is 3.41. The molecule has 4 rings (SSSR count). The van der Waals surface area contributed by atoms with Gasteiger partial charge in [-0.15, -0.1) is 10.2 Å². The lowest BCUT2D eigenvalue weighted by Gasteiger charge is -2.24. The Kier molecular flexibility index (Phi) is 7.26. The summed E-state index contributed by atoms with van der Waals surface area (Å²) in [7, 11) is 1.85. The maximum Gasteiger partial charge on any atom is 0.255 e. The lowest BCUT2D eigenvalue weighted by atomic mass is 10.1. The molecule has 0 saturated carbocycles. The molecule has 172 valence electrons.